The zero-order chi connectivity index (χ0) is 7.56. The van der Waals surface area contributed by atoms with E-state index in [0.717, 1.165) is 18.3 Å². The third-order valence-electron chi connectivity index (χ3n) is 1.64. The minimum atomic E-state index is -0.0978. The lowest BCUT2D eigenvalue weighted by Gasteiger charge is -1.97. The predicted molar refractivity (Wildman–Crippen MR) is 43.8 cm³/mol. The highest BCUT2D eigenvalue weighted by molar-refractivity contribution is 6.51. The van der Waals surface area contributed by atoms with Crippen LogP contribution in [-0.4, -0.2) is 7.28 Å². The van der Waals surface area contributed by atoms with Crippen molar-refractivity contribution in [2.24, 2.45) is 0 Å². The third-order valence-corrected chi connectivity index (χ3v) is 1.64. The summed E-state index contributed by atoms with van der Waals surface area (Å²) in [6.45, 7) is 3.79. The fourth-order valence-corrected chi connectivity index (χ4v) is 0.856. The van der Waals surface area contributed by atoms with Gasteiger partial charge in [-0.3, -0.25) is 0 Å². The van der Waals surface area contributed by atoms with Crippen molar-refractivity contribution in [1.29, 1.82) is 0 Å². The van der Waals surface area contributed by atoms with E-state index >= 15 is 0 Å². The number of hydrogen-bond acceptors (Lipinski definition) is 0. The SMILES string of the molecule is CBc1ccc(C)c(F)c1. The molecule has 52 valence electrons. The monoisotopic (exact) mass is 136 g/mol. The molecule has 0 spiro atoms. The fourth-order valence-electron chi connectivity index (χ4n) is 0.856. The van der Waals surface area contributed by atoms with Crippen LogP contribution in [0.4, 0.5) is 4.39 Å². The largest absolute Gasteiger partial charge is 0.207 e. The van der Waals surface area contributed by atoms with Crippen molar-refractivity contribution >= 4 is 12.7 Å². The van der Waals surface area contributed by atoms with Crippen LogP contribution in [0, 0.1) is 12.7 Å². The first kappa shape index (κ1) is 7.32. The normalized spacial score (nSPS) is 9.50. The summed E-state index contributed by atoms with van der Waals surface area (Å²) in [7, 11) is 0.900. The Balaban J connectivity index is 3.04. The van der Waals surface area contributed by atoms with Crippen molar-refractivity contribution in [2.75, 3.05) is 0 Å². The highest BCUT2D eigenvalue weighted by Crippen LogP contribution is 2.01. The minimum Gasteiger partial charge on any atom is -0.207 e. The first-order valence-electron chi connectivity index (χ1n) is 3.49. The predicted octanol–water partition coefficient (Wildman–Crippen LogP) is 1.24. The van der Waals surface area contributed by atoms with Crippen molar-refractivity contribution in [1.82, 2.24) is 0 Å². The average Bonchev–Trinajstić information content (AvgIpc) is 1.95. The Kier molecular flexibility index (Phi) is 2.10. The van der Waals surface area contributed by atoms with E-state index in [1.54, 1.807) is 13.0 Å². The maximum atomic E-state index is 12.8. The average molecular weight is 136 g/mol. The molecule has 1 aromatic rings. The molecule has 0 aliphatic carbocycles. The van der Waals surface area contributed by atoms with E-state index in [2.05, 4.69) is 0 Å². The summed E-state index contributed by atoms with van der Waals surface area (Å²) in [5, 5.41) is 0. The second-order valence-electron chi connectivity index (χ2n) is 2.44. The fraction of sp³-hybridized carbons (Fsp3) is 0.250. The summed E-state index contributed by atoms with van der Waals surface area (Å²) in [6.07, 6.45) is 0. The van der Waals surface area contributed by atoms with Gasteiger partial charge in [-0.1, -0.05) is 24.4 Å². The molecule has 0 atom stereocenters. The first-order valence-corrected chi connectivity index (χ1v) is 3.49. The molecule has 0 unspecified atom stereocenters. The Morgan fingerprint density at radius 3 is 2.60 bits per heavy atom. The highest BCUT2D eigenvalue weighted by Gasteiger charge is 1.96. The van der Waals surface area contributed by atoms with Gasteiger partial charge in [-0.15, -0.1) is 0 Å². The van der Waals surface area contributed by atoms with Gasteiger partial charge in [-0.05, 0) is 18.6 Å². The Hall–Kier alpha value is -0.785. The zero-order valence-electron chi connectivity index (χ0n) is 6.32. The second-order valence-corrected chi connectivity index (χ2v) is 2.44. The third kappa shape index (κ3) is 1.38. The van der Waals surface area contributed by atoms with Gasteiger partial charge in [0.25, 0.3) is 0 Å². The molecule has 0 N–H and O–H groups in total. The molecule has 0 aliphatic rings. The summed E-state index contributed by atoms with van der Waals surface area (Å²) in [4.78, 5) is 0. The lowest BCUT2D eigenvalue weighted by Crippen LogP contribution is -2.10. The number of rotatable bonds is 1. The lowest BCUT2D eigenvalue weighted by atomic mass is 9.73. The van der Waals surface area contributed by atoms with Crippen molar-refractivity contribution in [3.63, 3.8) is 0 Å². The lowest BCUT2D eigenvalue weighted by molar-refractivity contribution is 0.619. The molecule has 0 heterocycles. The number of halogens is 1. The summed E-state index contributed by atoms with van der Waals surface area (Å²) in [5.41, 5.74) is 1.78. The van der Waals surface area contributed by atoms with Gasteiger partial charge in [-0.2, -0.15) is 0 Å². The van der Waals surface area contributed by atoms with Gasteiger partial charge in [0.15, 0.2) is 7.28 Å². The quantitative estimate of drug-likeness (QED) is 0.509. The van der Waals surface area contributed by atoms with Crippen LogP contribution in [0.25, 0.3) is 0 Å². The molecule has 2 heteroatoms. The molecule has 0 amide bonds. The van der Waals surface area contributed by atoms with Gasteiger partial charge in [0.05, 0.1) is 0 Å². The summed E-state index contributed by atoms with van der Waals surface area (Å²) < 4.78 is 12.8. The van der Waals surface area contributed by atoms with Gasteiger partial charge < -0.3 is 0 Å². The summed E-state index contributed by atoms with van der Waals surface area (Å²) >= 11 is 0. The van der Waals surface area contributed by atoms with Gasteiger partial charge in [0.1, 0.15) is 5.82 Å². The number of aryl methyl sites for hydroxylation is 1. The van der Waals surface area contributed by atoms with E-state index in [4.69, 9.17) is 0 Å². The molecule has 0 saturated carbocycles. The van der Waals surface area contributed by atoms with Gasteiger partial charge in [0.2, 0.25) is 0 Å². The Morgan fingerprint density at radius 2 is 2.10 bits per heavy atom. The van der Waals surface area contributed by atoms with Crippen LogP contribution in [0.5, 0.6) is 0 Å². The van der Waals surface area contributed by atoms with Gasteiger partial charge in [0, 0.05) is 0 Å². The minimum absolute atomic E-state index is 0.0978. The molecule has 0 aromatic heterocycles. The van der Waals surface area contributed by atoms with Gasteiger partial charge >= 0.3 is 0 Å². The Labute approximate surface area is 61.3 Å². The van der Waals surface area contributed by atoms with E-state index in [-0.39, 0.29) is 5.82 Å². The highest BCUT2D eigenvalue weighted by atomic mass is 19.1. The molecule has 0 fully saturated rings. The van der Waals surface area contributed by atoms with Crippen LogP contribution in [0.15, 0.2) is 18.2 Å². The maximum absolute atomic E-state index is 12.8. The van der Waals surface area contributed by atoms with E-state index in [0.29, 0.717) is 0 Å². The van der Waals surface area contributed by atoms with E-state index < -0.39 is 0 Å². The molecule has 0 radical (unpaired) electrons. The summed E-state index contributed by atoms with van der Waals surface area (Å²) in [6, 6.07) is 5.36. The van der Waals surface area contributed by atoms with Crippen LogP contribution in [-0.2, 0) is 0 Å². The van der Waals surface area contributed by atoms with Gasteiger partial charge in [-0.25, -0.2) is 4.39 Å². The van der Waals surface area contributed by atoms with Crippen LogP contribution in [0.3, 0.4) is 0 Å². The van der Waals surface area contributed by atoms with Crippen LogP contribution in [0.2, 0.25) is 6.82 Å². The van der Waals surface area contributed by atoms with Crippen molar-refractivity contribution < 1.29 is 4.39 Å². The number of benzene rings is 1. The molecule has 1 aromatic carbocycles. The molecule has 0 nitrogen and oxygen atoms in total. The number of hydrogen-bond donors (Lipinski definition) is 0. The zero-order valence-corrected chi connectivity index (χ0v) is 6.32. The van der Waals surface area contributed by atoms with Crippen LogP contribution < -0.4 is 5.46 Å². The molecular formula is C8H10BF. The maximum Gasteiger partial charge on any atom is 0.154 e. The van der Waals surface area contributed by atoms with Crippen LogP contribution in [0.1, 0.15) is 5.56 Å². The molecule has 0 bridgehead atoms. The molecular weight excluding hydrogens is 126 g/mol. The topological polar surface area (TPSA) is 0 Å². The van der Waals surface area contributed by atoms with Crippen molar-refractivity contribution in [2.45, 2.75) is 13.7 Å². The molecule has 10 heavy (non-hydrogen) atoms. The van der Waals surface area contributed by atoms with Crippen molar-refractivity contribution in [3.05, 3.63) is 29.6 Å². The van der Waals surface area contributed by atoms with E-state index in [1.165, 1.54) is 0 Å². The second kappa shape index (κ2) is 2.87. The molecule has 0 saturated heterocycles. The van der Waals surface area contributed by atoms with E-state index in [1.807, 2.05) is 19.0 Å². The Morgan fingerprint density at radius 1 is 1.40 bits per heavy atom. The smallest absolute Gasteiger partial charge is 0.154 e. The Bertz CT molecular complexity index is 233. The van der Waals surface area contributed by atoms with Crippen molar-refractivity contribution in [3.8, 4) is 0 Å². The molecule has 1 rings (SSSR count). The van der Waals surface area contributed by atoms with Crippen LogP contribution >= 0.6 is 0 Å². The standard InChI is InChI=1S/C8H10BF/c1-6-3-4-7(9-2)5-8(6)10/h3-5,9H,1-2H3. The first-order chi connectivity index (χ1) is 4.74. The van der Waals surface area contributed by atoms with E-state index in [9.17, 15) is 4.39 Å². The summed E-state index contributed by atoms with van der Waals surface area (Å²) in [5.74, 6) is -0.0978. The molecule has 0 aliphatic heterocycles.